The molecule has 168 valence electrons. The number of hydrogen-bond donors (Lipinski definition) is 3. The van der Waals surface area contributed by atoms with E-state index in [0.717, 1.165) is 51.6 Å². The number of carbonyl (C=O) groups excluding carboxylic acids is 1. The molecule has 30 heavy (non-hydrogen) atoms. The lowest BCUT2D eigenvalue weighted by molar-refractivity contribution is -0.122. The summed E-state index contributed by atoms with van der Waals surface area (Å²) in [4.78, 5) is 18.8. The van der Waals surface area contributed by atoms with Gasteiger partial charge >= 0.3 is 0 Å². The molecule has 3 N–H and O–H groups in total. The van der Waals surface area contributed by atoms with Crippen LogP contribution in [0.4, 0.5) is 0 Å². The van der Waals surface area contributed by atoms with Crippen LogP contribution in [-0.2, 0) is 22.6 Å². The maximum Gasteiger partial charge on any atom is 0.223 e. The number of carbonyl (C=O) groups is 1. The monoisotopic (exact) mass is 529 g/mol. The Balaban J connectivity index is 0.00000320. The van der Waals surface area contributed by atoms with Gasteiger partial charge in [-0.3, -0.25) is 9.69 Å². The van der Waals surface area contributed by atoms with Gasteiger partial charge in [0.2, 0.25) is 5.91 Å². The van der Waals surface area contributed by atoms with Gasteiger partial charge in [0.25, 0.3) is 0 Å². The Labute approximate surface area is 197 Å². The summed E-state index contributed by atoms with van der Waals surface area (Å²) >= 11 is 0. The van der Waals surface area contributed by atoms with Crippen LogP contribution in [0.1, 0.15) is 37.8 Å². The van der Waals surface area contributed by atoms with E-state index in [9.17, 15) is 4.79 Å². The van der Waals surface area contributed by atoms with Crippen LogP contribution in [0.5, 0.6) is 0 Å². The van der Waals surface area contributed by atoms with Crippen molar-refractivity contribution >= 4 is 35.8 Å². The molecule has 3 rings (SSSR count). The number of ether oxygens (including phenoxy) is 1. The number of nitrogens with one attached hydrogen (secondary N) is 3. The van der Waals surface area contributed by atoms with E-state index in [2.05, 4.69) is 59.0 Å². The molecular weight excluding hydrogens is 493 g/mol. The first-order chi connectivity index (χ1) is 14.1. The second kappa shape index (κ2) is 13.1. The van der Waals surface area contributed by atoms with Crippen molar-refractivity contribution in [2.45, 2.75) is 45.9 Å². The van der Waals surface area contributed by atoms with E-state index in [1.807, 2.05) is 0 Å². The van der Waals surface area contributed by atoms with Crippen LogP contribution >= 0.6 is 24.0 Å². The average molecular weight is 529 g/mol. The Morgan fingerprint density at radius 1 is 1.20 bits per heavy atom. The summed E-state index contributed by atoms with van der Waals surface area (Å²) in [7, 11) is 0. The molecule has 1 amide bonds. The van der Waals surface area contributed by atoms with Gasteiger partial charge in [-0.1, -0.05) is 24.3 Å². The number of guanidine groups is 1. The highest BCUT2D eigenvalue weighted by atomic mass is 127. The molecule has 1 heterocycles. The van der Waals surface area contributed by atoms with Crippen LogP contribution in [-0.4, -0.2) is 62.2 Å². The van der Waals surface area contributed by atoms with Gasteiger partial charge in [0.1, 0.15) is 0 Å². The van der Waals surface area contributed by atoms with Gasteiger partial charge in [-0.25, -0.2) is 4.99 Å². The standard InChI is InChI=1S/C22H35N5O2.HI/c1-3-23-22(25-10-9-24-21(28)20-7-8-20)26-14-18-5-4-6-19(13-18)16-27-11-12-29-17(2)15-27;/h4-6,13,17,20H,3,7-12,14-16H2,1-2H3,(H,24,28)(H2,23,25,26);1H. The quantitative estimate of drug-likeness (QED) is 0.198. The fourth-order valence-electron chi connectivity index (χ4n) is 3.49. The van der Waals surface area contributed by atoms with Gasteiger partial charge in [0.15, 0.2) is 5.96 Å². The minimum Gasteiger partial charge on any atom is -0.376 e. The van der Waals surface area contributed by atoms with Crippen LogP contribution in [0.2, 0.25) is 0 Å². The smallest absolute Gasteiger partial charge is 0.223 e. The molecule has 2 fully saturated rings. The van der Waals surface area contributed by atoms with Crippen LogP contribution in [0.25, 0.3) is 0 Å². The normalized spacial score (nSPS) is 19.7. The van der Waals surface area contributed by atoms with Crippen molar-refractivity contribution in [2.24, 2.45) is 10.9 Å². The number of rotatable bonds is 9. The van der Waals surface area contributed by atoms with Gasteiger partial charge in [0, 0.05) is 45.2 Å². The van der Waals surface area contributed by atoms with Crippen LogP contribution in [0.15, 0.2) is 29.3 Å². The molecule has 1 saturated heterocycles. The van der Waals surface area contributed by atoms with Crippen molar-refractivity contribution in [3.63, 3.8) is 0 Å². The van der Waals surface area contributed by atoms with Gasteiger partial charge in [-0.05, 0) is 37.8 Å². The van der Waals surface area contributed by atoms with Crippen LogP contribution < -0.4 is 16.0 Å². The number of nitrogens with zero attached hydrogens (tertiary/aromatic N) is 2. The highest BCUT2D eigenvalue weighted by Crippen LogP contribution is 2.28. The molecule has 1 aliphatic carbocycles. The van der Waals surface area contributed by atoms with Crippen LogP contribution in [0.3, 0.4) is 0 Å². The second-order valence-corrected chi connectivity index (χ2v) is 7.92. The Kier molecular flexibility index (Phi) is 10.9. The fourth-order valence-corrected chi connectivity index (χ4v) is 3.49. The number of benzene rings is 1. The van der Waals surface area contributed by atoms with E-state index in [4.69, 9.17) is 9.73 Å². The van der Waals surface area contributed by atoms with Crippen molar-refractivity contribution in [3.8, 4) is 0 Å². The average Bonchev–Trinajstić information content (AvgIpc) is 3.55. The molecule has 0 bridgehead atoms. The fraction of sp³-hybridized carbons (Fsp3) is 0.636. The van der Waals surface area contributed by atoms with E-state index in [1.54, 1.807) is 0 Å². The third kappa shape index (κ3) is 8.77. The zero-order chi connectivity index (χ0) is 20.5. The Morgan fingerprint density at radius 2 is 1.97 bits per heavy atom. The van der Waals surface area contributed by atoms with Gasteiger partial charge in [-0.2, -0.15) is 0 Å². The molecule has 2 aliphatic rings. The molecular formula is C22H36IN5O2. The lowest BCUT2D eigenvalue weighted by Gasteiger charge is -2.31. The molecule has 0 radical (unpaired) electrons. The predicted molar refractivity (Wildman–Crippen MR) is 131 cm³/mol. The van der Waals surface area contributed by atoms with Gasteiger partial charge in [0.05, 0.1) is 19.3 Å². The summed E-state index contributed by atoms with van der Waals surface area (Å²) in [6, 6.07) is 8.65. The maximum atomic E-state index is 11.7. The molecule has 1 aromatic carbocycles. The number of halogens is 1. The lowest BCUT2D eigenvalue weighted by Crippen LogP contribution is -2.41. The number of aliphatic imine (C=N–C) groups is 1. The highest BCUT2D eigenvalue weighted by molar-refractivity contribution is 14.0. The molecule has 1 saturated carbocycles. The van der Waals surface area contributed by atoms with Crippen LogP contribution in [0, 0.1) is 5.92 Å². The zero-order valence-corrected chi connectivity index (χ0v) is 20.5. The number of morpholine rings is 1. The number of amides is 1. The Morgan fingerprint density at radius 3 is 2.70 bits per heavy atom. The molecule has 1 atom stereocenters. The Bertz CT molecular complexity index is 696. The largest absolute Gasteiger partial charge is 0.376 e. The van der Waals surface area contributed by atoms with E-state index >= 15 is 0 Å². The Hall–Kier alpha value is -1.39. The number of hydrogen-bond acceptors (Lipinski definition) is 4. The highest BCUT2D eigenvalue weighted by Gasteiger charge is 2.28. The third-order valence-corrected chi connectivity index (χ3v) is 5.15. The first-order valence-electron chi connectivity index (χ1n) is 10.9. The van der Waals surface area contributed by atoms with E-state index in [0.29, 0.717) is 25.7 Å². The summed E-state index contributed by atoms with van der Waals surface area (Å²) in [5.74, 6) is 1.21. The van der Waals surface area contributed by atoms with Crippen molar-refractivity contribution in [1.82, 2.24) is 20.9 Å². The molecule has 7 nitrogen and oxygen atoms in total. The van der Waals surface area contributed by atoms with Gasteiger partial charge in [-0.15, -0.1) is 24.0 Å². The second-order valence-electron chi connectivity index (χ2n) is 7.92. The predicted octanol–water partition coefficient (Wildman–Crippen LogP) is 2.11. The van der Waals surface area contributed by atoms with Crippen molar-refractivity contribution in [2.75, 3.05) is 39.3 Å². The molecule has 1 unspecified atom stereocenters. The van der Waals surface area contributed by atoms with E-state index in [1.165, 1.54) is 11.1 Å². The first-order valence-corrected chi connectivity index (χ1v) is 10.9. The van der Waals surface area contributed by atoms with Gasteiger partial charge < -0.3 is 20.7 Å². The summed E-state index contributed by atoms with van der Waals surface area (Å²) in [5.41, 5.74) is 2.51. The maximum absolute atomic E-state index is 11.7. The summed E-state index contributed by atoms with van der Waals surface area (Å²) in [6.07, 6.45) is 2.37. The summed E-state index contributed by atoms with van der Waals surface area (Å²) in [5, 5.41) is 9.53. The minimum absolute atomic E-state index is 0. The van der Waals surface area contributed by atoms with Crippen molar-refractivity contribution in [3.05, 3.63) is 35.4 Å². The topological polar surface area (TPSA) is 78.0 Å². The summed E-state index contributed by atoms with van der Waals surface area (Å²) < 4.78 is 5.63. The lowest BCUT2D eigenvalue weighted by atomic mass is 10.1. The van der Waals surface area contributed by atoms with E-state index in [-0.39, 0.29) is 35.8 Å². The first kappa shape index (κ1) is 24.9. The zero-order valence-electron chi connectivity index (χ0n) is 18.2. The molecule has 8 heteroatoms. The third-order valence-electron chi connectivity index (χ3n) is 5.15. The van der Waals surface area contributed by atoms with Crippen molar-refractivity contribution < 1.29 is 9.53 Å². The molecule has 1 aromatic rings. The molecule has 1 aliphatic heterocycles. The minimum atomic E-state index is 0. The molecule has 0 aromatic heterocycles. The van der Waals surface area contributed by atoms with Crippen molar-refractivity contribution in [1.29, 1.82) is 0 Å². The summed E-state index contributed by atoms with van der Waals surface area (Å²) in [6.45, 7) is 10.6. The van der Waals surface area contributed by atoms with E-state index < -0.39 is 0 Å². The molecule has 0 spiro atoms. The SMILES string of the molecule is CCNC(=NCc1cccc(CN2CCOC(C)C2)c1)NCCNC(=O)C1CC1.I.